The van der Waals surface area contributed by atoms with Gasteiger partial charge < -0.3 is 10.1 Å². The number of benzene rings is 1. The Bertz CT molecular complexity index is 603. The Morgan fingerprint density at radius 1 is 1.35 bits per heavy atom. The molecule has 0 aliphatic heterocycles. The lowest BCUT2D eigenvalue weighted by molar-refractivity contribution is -0.136. The number of aromatic amines is 1. The minimum atomic E-state index is -4.56. The van der Waals surface area contributed by atoms with Crippen LogP contribution < -0.4 is 0 Å². The van der Waals surface area contributed by atoms with Crippen LogP contribution in [0.4, 0.5) is 13.2 Å². The third-order valence-corrected chi connectivity index (χ3v) is 2.51. The summed E-state index contributed by atoms with van der Waals surface area (Å²) in [6.45, 7) is 0. The summed E-state index contributed by atoms with van der Waals surface area (Å²) < 4.78 is 37.8. The van der Waals surface area contributed by atoms with Gasteiger partial charge in [0.05, 0.1) is 16.6 Å². The van der Waals surface area contributed by atoms with Gasteiger partial charge in [-0.3, -0.25) is 0 Å². The minimum absolute atomic E-state index is 0.0556. The molecule has 0 saturated heterocycles. The zero-order valence-corrected chi connectivity index (χ0v) is 8.86. The van der Waals surface area contributed by atoms with Gasteiger partial charge in [-0.25, -0.2) is 4.79 Å². The number of alkyl halides is 3. The quantitative estimate of drug-likeness (QED) is 0.827. The number of hydrogen-bond donors (Lipinski definition) is 2. The summed E-state index contributed by atoms with van der Waals surface area (Å²) in [5, 5.41) is 8.56. The first kappa shape index (κ1) is 11.8. The number of carbonyl (C=O) groups is 1. The van der Waals surface area contributed by atoms with Crippen LogP contribution in [0.3, 0.4) is 0 Å². The van der Waals surface area contributed by atoms with Gasteiger partial charge in [-0.05, 0) is 12.1 Å². The highest BCUT2D eigenvalue weighted by molar-refractivity contribution is 6.32. The van der Waals surface area contributed by atoms with Crippen molar-refractivity contribution in [2.45, 2.75) is 6.18 Å². The predicted octanol–water partition coefficient (Wildman–Crippen LogP) is 3.54. The van der Waals surface area contributed by atoms with Crippen molar-refractivity contribution < 1.29 is 23.1 Å². The van der Waals surface area contributed by atoms with Crippen LogP contribution in [0, 0.1) is 0 Å². The molecule has 90 valence electrons. The second-order valence-corrected chi connectivity index (χ2v) is 3.82. The van der Waals surface area contributed by atoms with Crippen molar-refractivity contribution in [1.29, 1.82) is 0 Å². The van der Waals surface area contributed by atoms with Gasteiger partial charge in [0.15, 0.2) is 0 Å². The molecule has 1 aromatic carbocycles. The first-order chi connectivity index (χ1) is 7.80. The number of fused-ring (bicyclic) bond motifs is 1. The van der Waals surface area contributed by atoms with Crippen molar-refractivity contribution in [1.82, 2.24) is 4.98 Å². The van der Waals surface area contributed by atoms with Gasteiger partial charge in [0, 0.05) is 16.6 Å². The summed E-state index contributed by atoms with van der Waals surface area (Å²) in [5.41, 5.74) is -1.31. The Balaban J connectivity index is 2.83. The second-order valence-electron chi connectivity index (χ2n) is 3.38. The van der Waals surface area contributed by atoms with Crippen LogP contribution in [0.15, 0.2) is 18.3 Å². The van der Waals surface area contributed by atoms with Gasteiger partial charge in [-0.1, -0.05) is 11.6 Å². The number of rotatable bonds is 1. The molecule has 7 heteroatoms. The lowest BCUT2D eigenvalue weighted by Gasteiger charge is -2.05. The second kappa shape index (κ2) is 3.66. The van der Waals surface area contributed by atoms with Crippen molar-refractivity contribution in [2.24, 2.45) is 0 Å². The molecule has 0 spiro atoms. The van der Waals surface area contributed by atoms with Gasteiger partial charge in [0.2, 0.25) is 0 Å². The lowest BCUT2D eigenvalue weighted by atomic mass is 10.1. The van der Waals surface area contributed by atoms with Gasteiger partial charge in [-0.15, -0.1) is 0 Å². The number of carboxylic acid groups (broad SMARTS) is 1. The number of halogens is 4. The third-order valence-electron chi connectivity index (χ3n) is 2.29. The molecule has 0 aliphatic rings. The molecule has 0 atom stereocenters. The van der Waals surface area contributed by atoms with E-state index >= 15 is 0 Å². The number of carboxylic acids is 1. The summed E-state index contributed by atoms with van der Waals surface area (Å²) in [6, 6.07) is 2.19. The first-order valence-corrected chi connectivity index (χ1v) is 4.79. The average molecular weight is 264 g/mol. The summed E-state index contributed by atoms with van der Waals surface area (Å²) >= 11 is 5.60. The average Bonchev–Trinajstić information content (AvgIpc) is 2.58. The molecule has 2 aromatic rings. The monoisotopic (exact) mass is 263 g/mol. The fourth-order valence-corrected chi connectivity index (χ4v) is 1.82. The molecular formula is C10H5ClF3NO2. The normalized spacial score (nSPS) is 12.0. The Morgan fingerprint density at radius 3 is 2.53 bits per heavy atom. The van der Waals surface area contributed by atoms with Gasteiger partial charge >= 0.3 is 12.1 Å². The van der Waals surface area contributed by atoms with E-state index in [-0.39, 0.29) is 21.5 Å². The Morgan fingerprint density at radius 2 is 2.00 bits per heavy atom. The van der Waals surface area contributed by atoms with Gasteiger partial charge in [0.1, 0.15) is 0 Å². The molecular weight excluding hydrogens is 259 g/mol. The fourth-order valence-electron chi connectivity index (χ4n) is 1.60. The molecule has 0 fully saturated rings. The smallest absolute Gasteiger partial charge is 0.418 e. The number of hydrogen-bond acceptors (Lipinski definition) is 1. The lowest BCUT2D eigenvalue weighted by Crippen LogP contribution is -2.04. The Hall–Kier alpha value is -1.69. The maximum absolute atomic E-state index is 12.6. The maximum atomic E-state index is 12.6. The van der Waals surface area contributed by atoms with E-state index in [4.69, 9.17) is 16.7 Å². The number of H-pyrrole nitrogens is 1. The minimum Gasteiger partial charge on any atom is -0.478 e. The van der Waals surface area contributed by atoms with Gasteiger partial charge in [0.25, 0.3) is 0 Å². The maximum Gasteiger partial charge on any atom is 0.418 e. The van der Waals surface area contributed by atoms with Crippen LogP contribution in [-0.4, -0.2) is 16.1 Å². The van der Waals surface area contributed by atoms with E-state index in [1.54, 1.807) is 0 Å². The molecule has 17 heavy (non-hydrogen) atoms. The highest BCUT2D eigenvalue weighted by atomic mass is 35.5. The van der Waals surface area contributed by atoms with E-state index in [0.717, 1.165) is 18.3 Å². The predicted molar refractivity (Wildman–Crippen MR) is 55.3 cm³/mol. The summed E-state index contributed by atoms with van der Waals surface area (Å²) in [7, 11) is 0. The molecule has 0 aliphatic carbocycles. The molecule has 2 N–H and O–H groups in total. The van der Waals surface area contributed by atoms with Crippen molar-refractivity contribution in [2.75, 3.05) is 0 Å². The highest BCUT2D eigenvalue weighted by Gasteiger charge is 2.34. The van der Waals surface area contributed by atoms with Gasteiger partial charge in [-0.2, -0.15) is 13.2 Å². The largest absolute Gasteiger partial charge is 0.478 e. The van der Waals surface area contributed by atoms with E-state index in [9.17, 15) is 18.0 Å². The molecule has 2 rings (SSSR count). The number of aromatic nitrogens is 1. The van der Waals surface area contributed by atoms with Crippen LogP contribution in [0.2, 0.25) is 5.02 Å². The van der Waals surface area contributed by atoms with Crippen LogP contribution in [-0.2, 0) is 6.18 Å². The molecule has 1 aromatic heterocycles. The SMILES string of the molecule is O=C(O)c1cc(Cl)cc2c(C(F)(F)F)c[nH]c12. The van der Waals surface area contributed by atoms with Crippen LogP contribution in [0.1, 0.15) is 15.9 Å². The molecule has 0 saturated carbocycles. The highest BCUT2D eigenvalue weighted by Crippen LogP contribution is 2.36. The zero-order chi connectivity index (χ0) is 12.8. The van der Waals surface area contributed by atoms with Crippen molar-refractivity contribution in [3.8, 4) is 0 Å². The number of nitrogens with one attached hydrogen (secondary N) is 1. The van der Waals surface area contributed by atoms with Crippen molar-refractivity contribution in [3.05, 3.63) is 34.5 Å². The van der Waals surface area contributed by atoms with E-state index in [1.807, 2.05) is 0 Å². The van der Waals surface area contributed by atoms with Crippen LogP contribution >= 0.6 is 11.6 Å². The van der Waals surface area contributed by atoms with Crippen LogP contribution in [0.5, 0.6) is 0 Å². The zero-order valence-electron chi connectivity index (χ0n) is 8.10. The fraction of sp³-hybridized carbons (Fsp3) is 0.100. The molecule has 0 amide bonds. The summed E-state index contributed by atoms with van der Waals surface area (Å²) in [4.78, 5) is 13.2. The van der Waals surface area contributed by atoms with E-state index in [1.165, 1.54) is 0 Å². The summed E-state index contributed by atoms with van der Waals surface area (Å²) in [6.07, 6.45) is -3.83. The van der Waals surface area contributed by atoms with E-state index in [2.05, 4.69) is 4.98 Å². The topological polar surface area (TPSA) is 53.1 Å². The summed E-state index contributed by atoms with van der Waals surface area (Å²) in [5.74, 6) is -1.34. The van der Waals surface area contributed by atoms with Crippen molar-refractivity contribution >= 4 is 28.5 Å². The van der Waals surface area contributed by atoms with E-state index in [0.29, 0.717) is 0 Å². The van der Waals surface area contributed by atoms with Crippen molar-refractivity contribution in [3.63, 3.8) is 0 Å². The third kappa shape index (κ3) is 1.95. The Labute approximate surface area is 97.8 Å². The molecule has 1 heterocycles. The van der Waals surface area contributed by atoms with Crippen LogP contribution in [0.25, 0.3) is 10.9 Å². The van der Waals surface area contributed by atoms with E-state index < -0.39 is 17.7 Å². The molecule has 0 bridgehead atoms. The molecule has 3 nitrogen and oxygen atoms in total. The first-order valence-electron chi connectivity index (χ1n) is 4.42. The standard InChI is InChI=1S/C10H5ClF3NO2/c11-4-1-5-7(10(12,13)14)3-15-8(5)6(2-4)9(16)17/h1-3,15H,(H,16,17). The number of aromatic carboxylic acids is 1. The molecule has 0 unspecified atom stereocenters. The Kier molecular flexibility index (Phi) is 2.54. The molecule has 0 radical (unpaired) electrons.